The lowest BCUT2D eigenvalue weighted by Gasteiger charge is -2.17. The van der Waals surface area contributed by atoms with E-state index in [0.29, 0.717) is 0 Å². The van der Waals surface area contributed by atoms with Crippen LogP contribution in [0, 0.1) is 5.92 Å². The van der Waals surface area contributed by atoms with Crippen molar-refractivity contribution in [3.8, 4) is 0 Å². The Labute approximate surface area is 105 Å². The van der Waals surface area contributed by atoms with E-state index in [2.05, 4.69) is 44.2 Å². The quantitative estimate of drug-likeness (QED) is 0.599. The van der Waals surface area contributed by atoms with Gasteiger partial charge in [0, 0.05) is 10.8 Å². The van der Waals surface area contributed by atoms with Crippen molar-refractivity contribution < 1.29 is 0 Å². The highest BCUT2D eigenvalue weighted by Crippen LogP contribution is 2.24. The minimum absolute atomic E-state index is 1.07. The summed E-state index contributed by atoms with van der Waals surface area (Å²) in [5.74, 6) is 1.38. The fraction of sp³-hybridized carbons (Fsp3) is 0.467. The summed E-state index contributed by atoms with van der Waals surface area (Å²) in [7, 11) is 0. The zero-order chi connectivity index (χ0) is 11.8. The minimum atomic E-state index is 1.07. The topological polar surface area (TPSA) is 0 Å². The van der Waals surface area contributed by atoms with Crippen LogP contribution in [0.4, 0.5) is 0 Å². The number of hydrogen-bond acceptors (Lipinski definition) is 1. The fourth-order valence-electron chi connectivity index (χ4n) is 1.82. The Morgan fingerprint density at radius 2 is 1.69 bits per heavy atom. The molecule has 1 radical (unpaired) electrons. The van der Waals surface area contributed by atoms with Crippen molar-refractivity contribution in [1.29, 1.82) is 0 Å². The second kappa shape index (κ2) is 7.56. The third kappa shape index (κ3) is 4.05. The summed E-state index contributed by atoms with van der Waals surface area (Å²) in [6.45, 7) is 4.43. The van der Waals surface area contributed by atoms with Gasteiger partial charge in [-0.25, -0.2) is 0 Å². The molecule has 0 aliphatic rings. The smallest absolute Gasteiger partial charge is 0.0408 e. The molecule has 0 aliphatic heterocycles. The summed E-state index contributed by atoms with van der Waals surface area (Å²) in [5, 5.41) is 0. The Kier molecular flexibility index (Phi) is 6.32. The van der Waals surface area contributed by atoms with Crippen LogP contribution in [0.2, 0.25) is 0 Å². The molecule has 0 spiro atoms. The second-order valence-corrected chi connectivity index (χ2v) is 4.61. The Hall–Kier alpha value is -0.690. The lowest BCUT2D eigenvalue weighted by molar-refractivity contribution is 0.818. The first-order valence-electron chi connectivity index (χ1n) is 6.24. The third-order valence-electron chi connectivity index (χ3n) is 2.72. The molecule has 0 unspecified atom stereocenters. The molecule has 0 heterocycles. The van der Waals surface area contributed by atoms with Crippen LogP contribution in [0.5, 0.6) is 0 Å². The van der Waals surface area contributed by atoms with E-state index in [1.165, 1.54) is 24.3 Å². The van der Waals surface area contributed by atoms with Crippen LogP contribution in [0.25, 0.3) is 0 Å². The van der Waals surface area contributed by atoms with Crippen molar-refractivity contribution in [3.63, 3.8) is 0 Å². The van der Waals surface area contributed by atoms with Gasteiger partial charge < -0.3 is 0 Å². The monoisotopic (exact) mass is 233 g/mol. The molecule has 0 aromatic heterocycles. The van der Waals surface area contributed by atoms with Crippen LogP contribution in [-0.4, -0.2) is 4.86 Å². The van der Waals surface area contributed by atoms with E-state index in [1.54, 1.807) is 0 Å². The van der Waals surface area contributed by atoms with Gasteiger partial charge in [0.2, 0.25) is 0 Å². The van der Waals surface area contributed by atoms with E-state index in [1.807, 2.05) is 0 Å². The van der Waals surface area contributed by atoms with Gasteiger partial charge in [0.15, 0.2) is 0 Å². The number of benzene rings is 1. The van der Waals surface area contributed by atoms with Crippen molar-refractivity contribution in [2.45, 2.75) is 46.0 Å². The van der Waals surface area contributed by atoms with E-state index >= 15 is 0 Å². The molecule has 0 N–H and O–H groups in total. The molecule has 0 aliphatic carbocycles. The van der Waals surface area contributed by atoms with Gasteiger partial charge in [-0.1, -0.05) is 69.2 Å². The number of thiocarbonyl (C=S) groups is 1. The van der Waals surface area contributed by atoms with Crippen molar-refractivity contribution in [1.82, 2.24) is 0 Å². The first-order chi connectivity index (χ1) is 7.79. The molecule has 0 fully saturated rings. The first kappa shape index (κ1) is 13.4. The van der Waals surface area contributed by atoms with Gasteiger partial charge >= 0.3 is 0 Å². The molecule has 1 heteroatoms. The zero-order valence-corrected chi connectivity index (χ0v) is 11.1. The van der Waals surface area contributed by atoms with Gasteiger partial charge in [0.1, 0.15) is 0 Å². The van der Waals surface area contributed by atoms with E-state index in [9.17, 15) is 0 Å². The Balaban J connectivity index is 2.71. The van der Waals surface area contributed by atoms with Crippen molar-refractivity contribution in [2.75, 3.05) is 0 Å². The minimum Gasteiger partial charge on any atom is -0.0887 e. The molecule has 87 valence electrons. The number of unbranched alkanes of at least 4 members (excludes halogenated alkanes) is 1. The van der Waals surface area contributed by atoms with E-state index in [-0.39, 0.29) is 0 Å². The van der Waals surface area contributed by atoms with Crippen LogP contribution in [-0.2, 0) is 0 Å². The fourth-order valence-corrected chi connectivity index (χ4v) is 2.19. The van der Waals surface area contributed by atoms with Crippen LogP contribution in [0.15, 0.2) is 30.3 Å². The maximum absolute atomic E-state index is 5.55. The van der Waals surface area contributed by atoms with Crippen LogP contribution in [0.3, 0.4) is 0 Å². The van der Waals surface area contributed by atoms with Gasteiger partial charge in [-0.05, 0) is 24.8 Å². The van der Waals surface area contributed by atoms with E-state index < -0.39 is 0 Å². The van der Waals surface area contributed by atoms with Gasteiger partial charge in [-0.15, -0.1) is 0 Å². The summed E-state index contributed by atoms with van der Waals surface area (Å²) in [6.07, 6.45) is 5.76. The zero-order valence-electron chi connectivity index (χ0n) is 10.3. The molecule has 0 atom stereocenters. The third-order valence-corrected chi connectivity index (χ3v) is 3.17. The van der Waals surface area contributed by atoms with Gasteiger partial charge in [0.05, 0.1) is 0 Å². The predicted octanol–water partition coefficient (Wildman–Crippen LogP) is 4.97. The summed E-state index contributed by atoms with van der Waals surface area (Å²) in [6, 6.07) is 10.6. The molecule has 0 nitrogen and oxygen atoms in total. The van der Waals surface area contributed by atoms with Crippen LogP contribution in [0.1, 0.15) is 51.5 Å². The lowest BCUT2D eigenvalue weighted by Crippen LogP contribution is -2.11. The van der Waals surface area contributed by atoms with Crippen molar-refractivity contribution in [2.24, 2.45) is 0 Å². The summed E-state index contributed by atoms with van der Waals surface area (Å²) in [4.78, 5) is 1.16. The maximum atomic E-state index is 5.55. The van der Waals surface area contributed by atoms with Gasteiger partial charge in [0.25, 0.3) is 0 Å². The highest BCUT2D eigenvalue weighted by Gasteiger charge is 2.15. The molecule has 0 saturated carbocycles. The second-order valence-electron chi connectivity index (χ2n) is 4.12. The van der Waals surface area contributed by atoms with Crippen molar-refractivity contribution >= 4 is 17.1 Å². The number of rotatable bonds is 7. The van der Waals surface area contributed by atoms with Crippen molar-refractivity contribution in [3.05, 3.63) is 41.8 Å². The highest BCUT2D eigenvalue weighted by atomic mass is 32.1. The lowest BCUT2D eigenvalue weighted by atomic mass is 9.89. The van der Waals surface area contributed by atoms with Gasteiger partial charge in [-0.2, -0.15) is 0 Å². The molecule has 16 heavy (non-hydrogen) atoms. The van der Waals surface area contributed by atoms with Gasteiger partial charge in [-0.3, -0.25) is 0 Å². The maximum Gasteiger partial charge on any atom is 0.0408 e. The van der Waals surface area contributed by atoms with E-state index in [0.717, 1.165) is 24.1 Å². The molecular formula is C15H21S. The highest BCUT2D eigenvalue weighted by molar-refractivity contribution is 7.80. The van der Waals surface area contributed by atoms with E-state index in [4.69, 9.17) is 12.2 Å². The molecule has 0 amide bonds. The summed E-state index contributed by atoms with van der Waals surface area (Å²) in [5.41, 5.74) is 1.31. The largest absolute Gasteiger partial charge is 0.0887 e. The molecule has 1 aromatic carbocycles. The Morgan fingerprint density at radius 1 is 1.00 bits per heavy atom. The first-order valence-corrected chi connectivity index (χ1v) is 6.64. The Morgan fingerprint density at radius 3 is 2.25 bits per heavy atom. The molecule has 1 rings (SSSR count). The predicted molar refractivity (Wildman–Crippen MR) is 75.8 cm³/mol. The molecule has 0 bridgehead atoms. The summed E-state index contributed by atoms with van der Waals surface area (Å²) >= 11 is 5.55. The summed E-state index contributed by atoms with van der Waals surface area (Å²) < 4.78 is 0. The normalized spacial score (nSPS) is 10.7. The number of hydrogen-bond donors (Lipinski definition) is 0. The molecule has 0 saturated heterocycles. The SMILES string of the molecule is CCCCC(=S)[C](CCC)c1ccccc1. The average Bonchev–Trinajstić information content (AvgIpc) is 2.34. The Bertz CT molecular complexity index is 302. The standard InChI is InChI=1S/C15H21S/c1-3-5-12-15(16)14(9-4-2)13-10-7-6-8-11-13/h6-8,10-11H,3-5,9,12H2,1-2H3. The van der Waals surface area contributed by atoms with Crippen LogP contribution < -0.4 is 0 Å². The van der Waals surface area contributed by atoms with Crippen LogP contribution >= 0.6 is 12.2 Å². The molecular weight excluding hydrogens is 212 g/mol. The molecule has 1 aromatic rings. The average molecular weight is 233 g/mol.